The van der Waals surface area contributed by atoms with Gasteiger partial charge in [-0.15, -0.1) is 0 Å². The van der Waals surface area contributed by atoms with E-state index in [1.165, 1.54) is 12.8 Å². The lowest BCUT2D eigenvalue weighted by molar-refractivity contribution is 0.620. The largest absolute Gasteiger partial charge is 0.354 e. The van der Waals surface area contributed by atoms with Crippen LogP contribution in [0.15, 0.2) is 10.7 Å². The smallest absolute Gasteiger partial charge is 0.135 e. The summed E-state index contributed by atoms with van der Waals surface area (Å²) in [4.78, 5) is 11.5. The van der Waals surface area contributed by atoms with Crippen molar-refractivity contribution in [3.8, 4) is 0 Å². The van der Waals surface area contributed by atoms with Crippen molar-refractivity contribution < 1.29 is 0 Å². The van der Waals surface area contributed by atoms with E-state index in [0.717, 1.165) is 29.2 Å². The first-order valence-electron chi connectivity index (χ1n) is 6.46. The van der Waals surface area contributed by atoms with E-state index in [0.29, 0.717) is 12.0 Å². The van der Waals surface area contributed by atoms with Crippen LogP contribution in [0.3, 0.4) is 0 Å². The van der Waals surface area contributed by atoms with Crippen molar-refractivity contribution in [1.82, 2.24) is 9.97 Å². The minimum absolute atomic E-state index is 0.522. The third-order valence-corrected chi connectivity index (χ3v) is 3.81. The van der Waals surface area contributed by atoms with Crippen LogP contribution in [0.4, 0.5) is 5.82 Å². The van der Waals surface area contributed by atoms with E-state index in [1.54, 1.807) is 0 Å². The number of anilines is 1. The summed E-state index contributed by atoms with van der Waals surface area (Å²) >= 11 is 3.50. The van der Waals surface area contributed by atoms with Crippen molar-refractivity contribution in [1.29, 1.82) is 0 Å². The summed E-state index contributed by atoms with van der Waals surface area (Å²) in [5.41, 5.74) is 0. The molecule has 4 heteroatoms. The topological polar surface area (TPSA) is 29.0 Å². The molecule has 1 heterocycles. The SMILES string of the molecule is CCC(C)N(CC)c1cc(Br)nc(C2CC2)n1. The van der Waals surface area contributed by atoms with Crippen molar-refractivity contribution in [2.75, 3.05) is 11.4 Å². The van der Waals surface area contributed by atoms with Crippen LogP contribution in [-0.4, -0.2) is 22.6 Å². The molecule has 0 N–H and O–H groups in total. The first-order chi connectivity index (χ1) is 8.15. The first kappa shape index (κ1) is 12.8. The van der Waals surface area contributed by atoms with Gasteiger partial charge in [-0.25, -0.2) is 9.97 Å². The van der Waals surface area contributed by atoms with E-state index in [-0.39, 0.29) is 0 Å². The number of hydrogen-bond acceptors (Lipinski definition) is 3. The van der Waals surface area contributed by atoms with Crippen molar-refractivity contribution in [2.45, 2.75) is 52.0 Å². The second-order valence-electron chi connectivity index (χ2n) is 4.72. The highest BCUT2D eigenvalue weighted by Gasteiger charge is 2.28. The van der Waals surface area contributed by atoms with Crippen LogP contribution in [0.5, 0.6) is 0 Å². The van der Waals surface area contributed by atoms with Gasteiger partial charge in [0.1, 0.15) is 16.2 Å². The van der Waals surface area contributed by atoms with Gasteiger partial charge in [-0.1, -0.05) is 6.92 Å². The van der Waals surface area contributed by atoms with E-state index < -0.39 is 0 Å². The van der Waals surface area contributed by atoms with Gasteiger partial charge in [0.2, 0.25) is 0 Å². The van der Waals surface area contributed by atoms with Crippen molar-refractivity contribution in [3.05, 3.63) is 16.5 Å². The number of hydrogen-bond donors (Lipinski definition) is 0. The fourth-order valence-electron chi connectivity index (χ4n) is 2.01. The number of nitrogens with zero attached hydrogens (tertiary/aromatic N) is 3. The Hall–Kier alpha value is -0.640. The van der Waals surface area contributed by atoms with Gasteiger partial charge in [0, 0.05) is 24.6 Å². The van der Waals surface area contributed by atoms with Gasteiger partial charge >= 0.3 is 0 Å². The summed E-state index contributed by atoms with van der Waals surface area (Å²) in [6.07, 6.45) is 3.62. The Morgan fingerprint density at radius 3 is 2.65 bits per heavy atom. The van der Waals surface area contributed by atoms with Gasteiger partial charge in [0.15, 0.2) is 0 Å². The van der Waals surface area contributed by atoms with E-state index in [9.17, 15) is 0 Å². The Bertz CT molecular complexity index is 390. The van der Waals surface area contributed by atoms with Crippen LogP contribution in [0, 0.1) is 0 Å². The lowest BCUT2D eigenvalue weighted by Gasteiger charge is -2.28. The Kier molecular flexibility index (Phi) is 4.02. The van der Waals surface area contributed by atoms with Gasteiger partial charge in [0.25, 0.3) is 0 Å². The molecular weight excluding hydrogens is 278 g/mol. The molecule has 2 rings (SSSR count). The van der Waals surface area contributed by atoms with Crippen LogP contribution in [0.2, 0.25) is 0 Å². The zero-order valence-corrected chi connectivity index (χ0v) is 12.4. The molecule has 1 aromatic rings. The molecule has 1 aliphatic carbocycles. The molecule has 3 nitrogen and oxygen atoms in total. The van der Waals surface area contributed by atoms with Gasteiger partial charge < -0.3 is 4.90 Å². The van der Waals surface area contributed by atoms with E-state index in [1.807, 2.05) is 6.07 Å². The molecule has 1 aromatic heterocycles. The Morgan fingerprint density at radius 2 is 2.12 bits per heavy atom. The molecular formula is C13H20BrN3. The maximum Gasteiger partial charge on any atom is 0.135 e. The van der Waals surface area contributed by atoms with Crippen LogP contribution in [0.25, 0.3) is 0 Å². The minimum Gasteiger partial charge on any atom is -0.354 e. The quantitative estimate of drug-likeness (QED) is 0.775. The average Bonchev–Trinajstić information content (AvgIpc) is 3.12. The maximum absolute atomic E-state index is 4.72. The van der Waals surface area contributed by atoms with E-state index in [4.69, 9.17) is 4.98 Å². The first-order valence-corrected chi connectivity index (χ1v) is 7.26. The molecule has 0 radical (unpaired) electrons. The van der Waals surface area contributed by atoms with E-state index in [2.05, 4.69) is 46.6 Å². The van der Waals surface area contributed by atoms with E-state index >= 15 is 0 Å². The highest BCUT2D eigenvalue weighted by Crippen LogP contribution is 2.39. The van der Waals surface area contributed by atoms with Crippen LogP contribution < -0.4 is 4.90 Å². The molecule has 0 amide bonds. The highest BCUT2D eigenvalue weighted by atomic mass is 79.9. The summed E-state index contributed by atoms with van der Waals surface area (Å²) in [6, 6.07) is 2.55. The number of rotatable bonds is 5. The van der Waals surface area contributed by atoms with Crippen LogP contribution in [-0.2, 0) is 0 Å². The Labute approximate surface area is 112 Å². The zero-order valence-electron chi connectivity index (χ0n) is 10.8. The van der Waals surface area contributed by atoms with Gasteiger partial charge in [-0.05, 0) is 49.0 Å². The summed E-state index contributed by atoms with van der Waals surface area (Å²) in [7, 11) is 0. The number of halogens is 1. The Morgan fingerprint density at radius 1 is 1.41 bits per heavy atom. The summed E-state index contributed by atoms with van der Waals surface area (Å²) in [5.74, 6) is 2.67. The average molecular weight is 298 g/mol. The summed E-state index contributed by atoms with van der Waals surface area (Å²) in [5, 5.41) is 0. The van der Waals surface area contributed by atoms with Crippen LogP contribution in [0.1, 0.15) is 51.8 Å². The Balaban J connectivity index is 2.28. The lowest BCUT2D eigenvalue weighted by atomic mass is 10.2. The molecule has 0 spiro atoms. The fourth-order valence-corrected chi connectivity index (χ4v) is 2.40. The third kappa shape index (κ3) is 2.97. The molecule has 1 saturated carbocycles. The normalized spacial score (nSPS) is 16.9. The van der Waals surface area contributed by atoms with Crippen LogP contribution >= 0.6 is 15.9 Å². The van der Waals surface area contributed by atoms with Gasteiger partial charge in [-0.3, -0.25) is 0 Å². The molecule has 0 aliphatic heterocycles. The predicted octanol–water partition coefficient (Wildman–Crippen LogP) is 3.74. The molecule has 0 bridgehead atoms. The molecule has 1 aliphatic rings. The standard InChI is InChI=1S/C13H20BrN3/c1-4-9(3)17(5-2)12-8-11(14)15-13(16-12)10-6-7-10/h8-10H,4-7H2,1-3H3. The molecule has 1 atom stereocenters. The van der Waals surface area contributed by atoms with Crippen molar-refractivity contribution in [2.24, 2.45) is 0 Å². The fraction of sp³-hybridized carbons (Fsp3) is 0.692. The third-order valence-electron chi connectivity index (χ3n) is 3.40. The highest BCUT2D eigenvalue weighted by molar-refractivity contribution is 9.10. The van der Waals surface area contributed by atoms with Crippen molar-refractivity contribution >= 4 is 21.7 Å². The predicted molar refractivity (Wildman–Crippen MR) is 74.5 cm³/mol. The molecule has 1 unspecified atom stereocenters. The molecule has 0 aromatic carbocycles. The zero-order chi connectivity index (χ0) is 12.4. The lowest BCUT2D eigenvalue weighted by Crippen LogP contribution is -2.33. The minimum atomic E-state index is 0.522. The summed E-state index contributed by atoms with van der Waals surface area (Å²) in [6.45, 7) is 7.63. The molecule has 94 valence electrons. The molecule has 17 heavy (non-hydrogen) atoms. The second kappa shape index (κ2) is 5.34. The monoisotopic (exact) mass is 297 g/mol. The number of aromatic nitrogens is 2. The molecule has 1 fully saturated rings. The van der Waals surface area contributed by atoms with Gasteiger partial charge in [-0.2, -0.15) is 0 Å². The second-order valence-corrected chi connectivity index (χ2v) is 5.54. The maximum atomic E-state index is 4.72. The van der Waals surface area contributed by atoms with Crippen molar-refractivity contribution in [3.63, 3.8) is 0 Å². The van der Waals surface area contributed by atoms with Gasteiger partial charge in [0.05, 0.1) is 0 Å². The summed E-state index contributed by atoms with van der Waals surface area (Å²) < 4.78 is 0.908. The molecule has 0 saturated heterocycles.